The van der Waals surface area contributed by atoms with E-state index in [-0.39, 0.29) is 5.78 Å². The fourth-order valence-corrected chi connectivity index (χ4v) is 2.29. The second kappa shape index (κ2) is 4.78. The third-order valence-electron chi connectivity index (χ3n) is 2.75. The quantitative estimate of drug-likeness (QED) is 0.859. The van der Waals surface area contributed by atoms with Crippen molar-refractivity contribution in [1.82, 2.24) is 0 Å². The number of ether oxygens (including phenoxy) is 2. The average Bonchev–Trinajstić information content (AvgIpc) is 2.25. The summed E-state index contributed by atoms with van der Waals surface area (Å²) in [7, 11) is 0. The third-order valence-corrected chi connectivity index (χ3v) is 3.24. The molecule has 2 rings (SSSR count). The Hall–Kier alpha value is -0.870. The molecule has 1 atom stereocenters. The van der Waals surface area contributed by atoms with Crippen LogP contribution in [0.25, 0.3) is 0 Å². The summed E-state index contributed by atoms with van der Waals surface area (Å²) in [5.74, 6) is 0.749. The molecule has 1 aliphatic rings. The van der Waals surface area contributed by atoms with Gasteiger partial charge in [0.25, 0.3) is 0 Å². The van der Waals surface area contributed by atoms with Crippen LogP contribution in [0.3, 0.4) is 0 Å². The first-order valence-corrected chi connectivity index (χ1v) is 6.43. The number of hydrogen-bond acceptors (Lipinski definition) is 3. The smallest absolute Gasteiger partial charge is 0.170 e. The molecule has 0 bridgehead atoms. The molecule has 3 nitrogen and oxygen atoms in total. The van der Waals surface area contributed by atoms with Gasteiger partial charge in [0.05, 0.1) is 18.6 Å². The Morgan fingerprint density at radius 3 is 3.00 bits per heavy atom. The van der Waals surface area contributed by atoms with E-state index in [2.05, 4.69) is 15.9 Å². The molecule has 92 valence electrons. The Kier molecular flexibility index (Phi) is 3.54. The number of fused-ring (bicyclic) bond motifs is 1. The molecule has 1 heterocycles. The predicted octanol–water partition coefficient (Wildman–Crippen LogP) is 3.21. The Morgan fingerprint density at radius 2 is 2.29 bits per heavy atom. The van der Waals surface area contributed by atoms with E-state index in [9.17, 15) is 4.79 Å². The number of hydrogen-bond donors (Lipinski definition) is 0. The van der Waals surface area contributed by atoms with Gasteiger partial charge in [-0.2, -0.15) is 0 Å². The maximum absolute atomic E-state index is 12.0. The summed E-state index contributed by atoms with van der Waals surface area (Å²) in [6.07, 6.45) is 0.363. The fraction of sp³-hybridized carbons (Fsp3) is 0.462. The first-order valence-electron chi connectivity index (χ1n) is 5.63. The lowest BCUT2D eigenvalue weighted by Gasteiger charge is -2.34. The topological polar surface area (TPSA) is 35.5 Å². The molecular weight excluding hydrogens is 284 g/mol. The Morgan fingerprint density at radius 1 is 1.53 bits per heavy atom. The molecule has 0 aromatic heterocycles. The SMILES string of the molecule is CCOCC1(C)CC(=O)c2ccc(Br)cc2O1. The minimum Gasteiger partial charge on any atom is -0.484 e. The van der Waals surface area contributed by atoms with Crippen molar-refractivity contribution in [2.75, 3.05) is 13.2 Å². The molecular formula is C13H15BrO3. The molecule has 0 saturated carbocycles. The zero-order chi connectivity index (χ0) is 12.5. The van der Waals surface area contributed by atoms with E-state index < -0.39 is 5.60 Å². The lowest BCUT2D eigenvalue weighted by molar-refractivity contribution is -0.0190. The van der Waals surface area contributed by atoms with Crippen molar-refractivity contribution in [2.24, 2.45) is 0 Å². The molecule has 0 spiro atoms. The number of carbonyl (C=O) groups is 1. The van der Waals surface area contributed by atoms with Crippen LogP contribution < -0.4 is 4.74 Å². The number of ketones is 1. The molecule has 4 heteroatoms. The molecule has 0 N–H and O–H groups in total. The van der Waals surface area contributed by atoms with Crippen molar-refractivity contribution in [3.63, 3.8) is 0 Å². The standard InChI is InChI=1S/C13H15BrO3/c1-3-16-8-13(2)7-11(15)10-5-4-9(14)6-12(10)17-13/h4-6H,3,7-8H2,1-2H3. The summed E-state index contributed by atoms with van der Waals surface area (Å²) in [6, 6.07) is 5.48. The normalized spacial score (nSPS) is 23.1. The molecule has 0 radical (unpaired) electrons. The lowest BCUT2D eigenvalue weighted by atomic mass is 9.92. The van der Waals surface area contributed by atoms with Crippen molar-refractivity contribution in [3.8, 4) is 5.75 Å². The monoisotopic (exact) mass is 298 g/mol. The summed E-state index contributed by atoms with van der Waals surface area (Å²) in [5, 5.41) is 0. The van der Waals surface area contributed by atoms with Crippen LogP contribution in [0.5, 0.6) is 5.75 Å². The number of carbonyl (C=O) groups excluding carboxylic acids is 1. The molecule has 1 aliphatic heterocycles. The van der Waals surface area contributed by atoms with Crippen LogP contribution in [0, 0.1) is 0 Å². The van der Waals surface area contributed by atoms with Gasteiger partial charge in [0.15, 0.2) is 5.78 Å². The number of Topliss-reactive ketones (excluding diaryl/α,β-unsaturated/α-hetero) is 1. The average molecular weight is 299 g/mol. The highest BCUT2D eigenvalue weighted by molar-refractivity contribution is 9.10. The second-order valence-corrected chi connectivity index (χ2v) is 5.35. The van der Waals surface area contributed by atoms with E-state index in [1.54, 1.807) is 6.07 Å². The second-order valence-electron chi connectivity index (χ2n) is 4.43. The van der Waals surface area contributed by atoms with Crippen molar-refractivity contribution in [2.45, 2.75) is 25.9 Å². The van der Waals surface area contributed by atoms with Crippen molar-refractivity contribution < 1.29 is 14.3 Å². The van der Waals surface area contributed by atoms with Crippen LogP contribution in [0.15, 0.2) is 22.7 Å². The number of benzene rings is 1. The lowest BCUT2D eigenvalue weighted by Crippen LogP contribution is -2.43. The highest BCUT2D eigenvalue weighted by Gasteiger charge is 2.36. The van der Waals surface area contributed by atoms with Gasteiger partial charge < -0.3 is 9.47 Å². The minimum absolute atomic E-state index is 0.112. The van der Waals surface area contributed by atoms with Crippen LogP contribution in [-0.4, -0.2) is 24.6 Å². The summed E-state index contributed by atoms with van der Waals surface area (Å²) >= 11 is 3.38. The van der Waals surface area contributed by atoms with Gasteiger partial charge in [0, 0.05) is 11.1 Å². The fourth-order valence-electron chi connectivity index (χ4n) is 1.95. The van der Waals surface area contributed by atoms with E-state index in [0.29, 0.717) is 30.9 Å². The van der Waals surface area contributed by atoms with E-state index in [1.807, 2.05) is 26.0 Å². The van der Waals surface area contributed by atoms with Crippen LogP contribution in [0.1, 0.15) is 30.6 Å². The third kappa shape index (κ3) is 2.69. The van der Waals surface area contributed by atoms with E-state index in [1.165, 1.54) is 0 Å². The van der Waals surface area contributed by atoms with Gasteiger partial charge in [-0.15, -0.1) is 0 Å². The predicted molar refractivity (Wildman–Crippen MR) is 68.6 cm³/mol. The first kappa shape index (κ1) is 12.6. The van der Waals surface area contributed by atoms with Gasteiger partial charge in [-0.3, -0.25) is 4.79 Å². The molecule has 1 aromatic rings. The van der Waals surface area contributed by atoms with Gasteiger partial charge in [0.1, 0.15) is 11.4 Å². The maximum Gasteiger partial charge on any atom is 0.170 e. The highest BCUT2D eigenvalue weighted by atomic mass is 79.9. The van der Waals surface area contributed by atoms with Gasteiger partial charge in [-0.05, 0) is 32.0 Å². The molecule has 17 heavy (non-hydrogen) atoms. The summed E-state index contributed by atoms with van der Waals surface area (Å²) < 4.78 is 12.2. The highest BCUT2D eigenvalue weighted by Crippen LogP contribution is 2.35. The molecule has 1 unspecified atom stereocenters. The van der Waals surface area contributed by atoms with Crippen molar-refractivity contribution in [3.05, 3.63) is 28.2 Å². The van der Waals surface area contributed by atoms with Crippen LogP contribution in [0.4, 0.5) is 0 Å². The largest absolute Gasteiger partial charge is 0.484 e. The van der Waals surface area contributed by atoms with Gasteiger partial charge >= 0.3 is 0 Å². The zero-order valence-corrected chi connectivity index (χ0v) is 11.5. The van der Waals surface area contributed by atoms with Gasteiger partial charge in [-0.1, -0.05) is 15.9 Å². The van der Waals surface area contributed by atoms with E-state index in [4.69, 9.17) is 9.47 Å². The molecule has 0 amide bonds. The Balaban J connectivity index is 2.28. The van der Waals surface area contributed by atoms with Gasteiger partial charge in [-0.25, -0.2) is 0 Å². The van der Waals surface area contributed by atoms with Crippen molar-refractivity contribution >= 4 is 21.7 Å². The molecule has 0 saturated heterocycles. The molecule has 1 aromatic carbocycles. The van der Waals surface area contributed by atoms with Crippen molar-refractivity contribution in [1.29, 1.82) is 0 Å². The summed E-state index contributed by atoms with van der Waals surface area (Å²) in [6.45, 7) is 4.89. The van der Waals surface area contributed by atoms with Gasteiger partial charge in [0.2, 0.25) is 0 Å². The summed E-state index contributed by atoms with van der Waals surface area (Å²) in [4.78, 5) is 12.0. The Labute approximate surface area is 109 Å². The van der Waals surface area contributed by atoms with E-state index >= 15 is 0 Å². The van der Waals surface area contributed by atoms with E-state index in [0.717, 1.165) is 4.47 Å². The van der Waals surface area contributed by atoms with Crippen LogP contribution >= 0.6 is 15.9 Å². The maximum atomic E-state index is 12.0. The van der Waals surface area contributed by atoms with Crippen LogP contribution in [-0.2, 0) is 4.74 Å². The molecule has 0 fully saturated rings. The number of halogens is 1. The zero-order valence-electron chi connectivity index (χ0n) is 9.96. The summed E-state index contributed by atoms with van der Waals surface area (Å²) in [5.41, 5.74) is 0.100. The minimum atomic E-state index is -0.555. The number of rotatable bonds is 3. The van der Waals surface area contributed by atoms with Crippen LogP contribution in [0.2, 0.25) is 0 Å². The first-order chi connectivity index (χ1) is 8.04. The molecule has 0 aliphatic carbocycles. The Bertz CT molecular complexity index is 444.